The van der Waals surface area contributed by atoms with Crippen LogP contribution in [0.5, 0.6) is 0 Å². The Morgan fingerprint density at radius 3 is 2.17 bits per heavy atom. The minimum absolute atomic E-state index is 0.238. The number of hydrogen-bond donors (Lipinski definition) is 0. The van der Waals surface area contributed by atoms with Crippen molar-refractivity contribution < 1.29 is 0 Å². The van der Waals surface area contributed by atoms with E-state index in [9.17, 15) is 0 Å². The van der Waals surface area contributed by atoms with Crippen LogP contribution in [-0.4, -0.2) is 0 Å². The van der Waals surface area contributed by atoms with Gasteiger partial charge in [-0.05, 0) is 57.8 Å². The molecule has 0 radical (unpaired) electrons. The highest BCUT2D eigenvalue weighted by atomic mass is 127. The molecule has 0 bridgehead atoms. The highest BCUT2D eigenvalue weighted by Gasteiger charge is 2.19. The van der Waals surface area contributed by atoms with Gasteiger partial charge in [0.15, 0.2) is 0 Å². The maximum atomic E-state index is 3.81. The van der Waals surface area contributed by atoms with Gasteiger partial charge in [-0.3, -0.25) is 0 Å². The molecule has 18 heavy (non-hydrogen) atoms. The largest absolute Gasteiger partial charge is 0.143 e. The van der Waals surface area contributed by atoms with Gasteiger partial charge in [0.2, 0.25) is 0 Å². The zero-order valence-corrected chi connectivity index (χ0v) is 15.3. The monoisotopic (exact) mass is 434 g/mol. The third kappa shape index (κ3) is 3.36. The average molecular weight is 435 g/mol. The summed E-state index contributed by atoms with van der Waals surface area (Å²) in [4.78, 5) is 3.11. The van der Waals surface area contributed by atoms with Gasteiger partial charge in [-0.25, -0.2) is 0 Å². The lowest BCUT2D eigenvalue weighted by Gasteiger charge is -2.15. The maximum Gasteiger partial charge on any atom is 0.0738 e. The number of benzene rings is 1. The molecule has 1 heterocycles. The fraction of sp³-hybridized carbons (Fsp3) is 0.333. The van der Waals surface area contributed by atoms with E-state index in [1.807, 2.05) is 11.3 Å². The Morgan fingerprint density at radius 2 is 1.67 bits per heavy atom. The maximum absolute atomic E-state index is 3.81. The van der Waals surface area contributed by atoms with Crippen molar-refractivity contribution in [3.63, 3.8) is 0 Å². The zero-order valence-electron chi connectivity index (χ0n) is 10.7. The second-order valence-electron chi connectivity index (χ2n) is 5.37. The predicted molar refractivity (Wildman–Crippen MR) is 92.9 cm³/mol. The summed E-state index contributed by atoms with van der Waals surface area (Å²) in [5, 5.41) is 0. The highest BCUT2D eigenvalue weighted by molar-refractivity contribution is 14.1. The number of rotatable bonds is 2. The molecule has 1 atom stereocenters. The predicted octanol–water partition coefficient (Wildman–Crippen LogP) is 6.13. The molecule has 0 aliphatic rings. The SMILES string of the molecule is CC(C)(C)c1ccc(C(Br)c2ccc(I)cc2)s1. The van der Waals surface area contributed by atoms with Crippen molar-refractivity contribution in [3.05, 3.63) is 55.3 Å². The Morgan fingerprint density at radius 1 is 1.06 bits per heavy atom. The van der Waals surface area contributed by atoms with Crippen LogP contribution in [0.3, 0.4) is 0 Å². The average Bonchev–Trinajstić information content (AvgIpc) is 2.78. The number of hydrogen-bond acceptors (Lipinski definition) is 1. The van der Waals surface area contributed by atoms with E-state index in [4.69, 9.17) is 0 Å². The molecule has 0 saturated carbocycles. The van der Waals surface area contributed by atoms with Crippen molar-refractivity contribution >= 4 is 49.9 Å². The van der Waals surface area contributed by atoms with Gasteiger partial charge in [-0.1, -0.05) is 48.8 Å². The molecule has 0 nitrogen and oxygen atoms in total. The molecule has 3 heteroatoms. The first-order chi connectivity index (χ1) is 8.38. The van der Waals surface area contributed by atoms with E-state index in [1.54, 1.807) is 0 Å². The molecule has 1 unspecified atom stereocenters. The lowest BCUT2D eigenvalue weighted by atomic mass is 9.95. The van der Waals surface area contributed by atoms with Crippen LogP contribution >= 0.6 is 49.9 Å². The molecule has 96 valence electrons. The summed E-state index contributed by atoms with van der Waals surface area (Å²) in [6.45, 7) is 6.78. The summed E-state index contributed by atoms with van der Waals surface area (Å²) in [6.07, 6.45) is 0. The molecule has 0 aliphatic heterocycles. The van der Waals surface area contributed by atoms with Crippen molar-refractivity contribution in [2.45, 2.75) is 31.0 Å². The van der Waals surface area contributed by atoms with Gasteiger partial charge < -0.3 is 0 Å². The van der Waals surface area contributed by atoms with Gasteiger partial charge in [-0.2, -0.15) is 0 Å². The molecule has 1 aromatic heterocycles. The number of alkyl halides is 1. The summed E-state index contributed by atoms with van der Waals surface area (Å²) in [7, 11) is 0. The molecule has 1 aromatic carbocycles. The minimum Gasteiger partial charge on any atom is -0.143 e. The molecule has 2 rings (SSSR count). The fourth-order valence-corrected chi connectivity index (χ4v) is 3.86. The lowest BCUT2D eigenvalue weighted by Crippen LogP contribution is -2.07. The standard InChI is InChI=1S/C15H16BrIS/c1-15(2,3)13-9-8-12(18-13)14(16)10-4-6-11(17)7-5-10/h4-9,14H,1-3H3. The fourth-order valence-electron chi connectivity index (χ4n) is 1.69. The van der Waals surface area contributed by atoms with Crippen LogP contribution in [0.1, 0.15) is 40.9 Å². The molecule has 0 spiro atoms. The summed E-state index contributed by atoms with van der Waals surface area (Å²) >= 11 is 8.04. The van der Waals surface area contributed by atoms with Crippen LogP contribution in [0.4, 0.5) is 0 Å². The third-order valence-corrected chi connectivity index (χ3v) is 6.40. The van der Waals surface area contributed by atoms with Crippen LogP contribution in [-0.2, 0) is 5.41 Å². The van der Waals surface area contributed by atoms with Gasteiger partial charge in [0.05, 0.1) is 4.83 Å². The second-order valence-corrected chi connectivity index (χ2v) is 8.64. The van der Waals surface area contributed by atoms with E-state index >= 15 is 0 Å². The van der Waals surface area contributed by atoms with Crippen molar-refractivity contribution in [1.29, 1.82) is 0 Å². The van der Waals surface area contributed by atoms with Crippen LogP contribution in [0.25, 0.3) is 0 Å². The lowest BCUT2D eigenvalue weighted by molar-refractivity contribution is 0.604. The molecule has 0 amide bonds. The van der Waals surface area contributed by atoms with Crippen molar-refractivity contribution in [2.24, 2.45) is 0 Å². The molecular formula is C15H16BrIS. The number of halogens is 2. The first kappa shape index (κ1) is 14.5. The van der Waals surface area contributed by atoms with Gasteiger partial charge in [0.1, 0.15) is 0 Å². The Labute approximate surface area is 135 Å². The van der Waals surface area contributed by atoms with E-state index in [2.05, 4.69) is 95.7 Å². The molecule has 2 aromatic rings. The number of thiophene rings is 1. The van der Waals surface area contributed by atoms with Gasteiger partial charge in [0, 0.05) is 13.3 Å². The Bertz CT molecular complexity index is 522. The molecule has 0 fully saturated rings. The Kier molecular flexibility index (Phi) is 4.55. The van der Waals surface area contributed by atoms with Crippen molar-refractivity contribution in [2.75, 3.05) is 0 Å². The van der Waals surface area contributed by atoms with E-state index in [0.717, 1.165) is 0 Å². The molecular weight excluding hydrogens is 419 g/mol. The quantitative estimate of drug-likeness (QED) is 0.393. The summed E-state index contributed by atoms with van der Waals surface area (Å²) in [5.41, 5.74) is 1.56. The molecule has 0 saturated heterocycles. The second kappa shape index (κ2) is 5.63. The summed E-state index contributed by atoms with van der Waals surface area (Å²) in [6, 6.07) is 13.2. The normalized spacial score (nSPS) is 13.6. The van der Waals surface area contributed by atoms with Gasteiger partial charge in [-0.15, -0.1) is 11.3 Å². The van der Waals surface area contributed by atoms with Crippen molar-refractivity contribution in [3.8, 4) is 0 Å². The van der Waals surface area contributed by atoms with Crippen molar-refractivity contribution in [1.82, 2.24) is 0 Å². The molecule has 0 N–H and O–H groups in total. The minimum atomic E-state index is 0.238. The van der Waals surface area contributed by atoms with Crippen LogP contribution in [0.2, 0.25) is 0 Å². The van der Waals surface area contributed by atoms with Crippen LogP contribution in [0.15, 0.2) is 36.4 Å². The highest BCUT2D eigenvalue weighted by Crippen LogP contribution is 2.38. The Balaban J connectivity index is 2.26. The van der Waals surface area contributed by atoms with E-state index in [1.165, 1.54) is 18.9 Å². The first-order valence-corrected chi connectivity index (χ1v) is 8.69. The third-order valence-electron chi connectivity index (χ3n) is 2.78. The molecule has 0 aliphatic carbocycles. The smallest absolute Gasteiger partial charge is 0.0738 e. The van der Waals surface area contributed by atoms with Gasteiger partial charge in [0.25, 0.3) is 0 Å². The zero-order chi connectivity index (χ0) is 13.3. The van der Waals surface area contributed by atoms with E-state index in [0.29, 0.717) is 4.83 Å². The first-order valence-electron chi connectivity index (χ1n) is 5.87. The van der Waals surface area contributed by atoms with E-state index < -0.39 is 0 Å². The summed E-state index contributed by atoms with van der Waals surface area (Å²) in [5.74, 6) is 0. The Hall–Kier alpha value is 0.130. The van der Waals surface area contributed by atoms with Crippen LogP contribution < -0.4 is 0 Å². The van der Waals surface area contributed by atoms with Crippen LogP contribution in [0, 0.1) is 3.57 Å². The topological polar surface area (TPSA) is 0 Å². The van der Waals surface area contributed by atoms with Gasteiger partial charge >= 0.3 is 0 Å². The summed E-state index contributed by atoms with van der Waals surface area (Å²) < 4.78 is 1.28. The van der Waals surface area contributed by atoms with E-state index in [-0.39, 0.29) is 5.41 Å².